The largest absolute Gasteiger partial charge is 1.00 e. The maximum atomic E-state index is 13.8. The molecular weight excluding hydrogens is 525 g/mol. The van der Waals surface area contributed by atoms with Gasteiger partial charge < -0.3 is 39.3 Å². The summed E-state index contributed by atoms with van der Waals surface area (Å²) in [6.07, 6.45) is -1.46. The van der Waals surface area contributed by atoms with Gasteiger partial charge >= 0.3 is 25.0 Å². The Morgan fingerprint density at radius 1 is 0.951 bits per heavy atom. The summed E-state index contributed by atoms with van der Waals surface area (Å²) < 4.78 is 21.7. The Hall–Kier alpha value is -2.25. The molecule has 0 spiro atoms. The summed E-state index contributed by atoms with van der Waals surface area (Å²) in [6, 6.07) is 3.99. The Morgan fingerprint density at radius 2 is 1.56 bits per heavy atom. The zero-order chi connectivity index (χ0) is 30.6. The van der Waals surface area contributed by atoms with Crippen molar-refractivity contribution < 1.29 is 62.4 Å². The van der Waals surface area contributed by atoms with Crippen molar-refractivity contribution >= 4 is 17.8 Å². The Bertz CT molecular complexity index is 962. The van der Waals surface area contributed by atoms with Gasteiger partial charge in [-0.25, -0.2) is 4.79 Å². The van der Waals surface area contributed by atoms with Crippen LogP contribution in [0, 0.1) is 23.7 Å². The van der Waals surface area contributed by atoms with Gasteiger partial charge in [0.05, 0.1) is 25.9 Å². The monoisotopic (exact) mass is 573 g/mol. The number of aliphatic hydroxyl groups is 1. The summed E-state index contributed by atoms with van der Waals surface area (Å²) in [5.74, 6) is -2.61. The van der Waals surface area contributed by atoms with Gasteiger partial charge in [-0.15, -0.1) is 0 Å². The summed E-state index contributed by atoms with van der Waals surface area (Å²) >= 11 is 0. The summed E-state index contributed by atoms with van der Waals surface area (Å²) in [5, 5.41) is 25.5. The third kappa shape index (κ3) is 13.5. The Kier molecular flexibility index (Phi) is 17.3. The molecule has 1 aromatic carbocycles. The standard InChI is InChI=1S/C30H49NO9.Li/c1-18(2)21(27(33)20-11-12-25(38-9)26(15-20)39-14-10-13-37-8)16-23(31-29(36)40-30(5,6)7)24(32)17-22(19(3)4)28(34)35;/h11-12,15,18-19,21-24,32H,10,13-14,16-17H2,1-9H3,(H,31,36)(H,34,35);/q;+1/p-1/t21-,22-,23-,24-;/m0./s1. The summed E-state index contributed by atoms with van der Waals surface area (Å²) in [5.41, 5.74) is -0.400. The number of amides is 1. The van der Waals surface area contributed by atoms with E-state index in [0.717, 1.165) is 0 Å². The van der Waals surface area contributed by atoms with Crippen LogP contribution in [0.25, 0.3) is 0 Å². The molecule has 0 saturated heterocycles. The molecule has 4 atom stereocenters. The van der Waals surface area contributed by atoms with Crippen LogP contribution in [0.5, 0.6) is 11.5 Å². The number of carboxylic acids is 1. The molecule has 0 aliphatic heterocycles. The molecule has 1 aromatic rings. The molecule has 41 heavy (non-hydrogen) atoms. The number of ketones is 1. The molecule has 1 rings (SSSR count). The predicted octanol–water partition coefficient (Wildman–Crippen LogP) is 0.626. The summed E-state index contributed by atoms with van der Waals surface area (Å²) in [4.78, 5) is 38.2. The van der Waals surface area contributed by atoms with Crippen molar-refractivity contribution in [2.75, 3.05) is 27.4 Å². The van der Waals surface area contributed by atoms with Crippen LogP contribution in [0.2, 0.25) is 0 Å². The molecule has 0 bridgehead atoms. The van der Waals surface area contributed by atoms with Gasteiger partial charge in [0.15, 0.2) is 17.3 Å². The normalized spacial score (nSPS) is 14.4. The van der Waals surface area contributed by atoms with Gasteiger partial charge in [-0.1, -0.05) is 27.7 Å². The molecule has 0 saturated carbocycles. The van der Waals surface area contributed by atoms with Crippen LogP contribution < -0.4 is 38.8 Å². The van der Waals surface area contributed by atoms with E-state index in [1.807, 2.05) is 13.8 Å². The van der Waals surface area contributed by atoms with Crippen LogP contribution in [0.4, 0.5) is 4.79 Å². The second-order valence-electron chi connectivity index (χ2n) is 11.7. The van der Waals surface area contributed by atoms with E-state index in [0.29, 0.717) is 36.7 Å². The Morgan fingerprint density at radius 3 is 2.05 bits per heavy atom. The van der Waals surface area contributed by atoms with Gasteiger partial charge in [0, 0.05) is 43.5 Å². The molecule has 0 unspecified atom stereocenters. The van der Waals surface area contributed by atoms with Crippen molar-refractivity contribution in [1.29, 1.82) is 0 Å². The minimum absolute atomic E-state index is 0. The van der Waals surface area contributed by atoms with Gasteiger partial charge in [0.1, 0.15) is 5.60 Å². The first-order chi connectivity index (χ1) is 18.6. The first-order valence-corrected chi connectivity index (χ1v) is 13.8. The van der Waals surface area contributed by atoms with Crippen LogP contribution in [-0.2, 0) is 14.3 Å². The van der Waals surface area contributed by atoms with Gasteiger partial charge in [-0.3, -0.25) is 4.79 Å². The topological polar surface area (TPSA) is 143 Å². The van der Waals surface area contributed by atoms with E-state index in [4.69, 9.17) is 18.9 Å². The Labute approximate surface area is 257 Å². The maximum Gasteiger partial charge on any atom is 1.00 e. The quantitative estimate of drug-likeness (QED) is 0.156. The first kappa shape index (κ1) is 38.7. The minimum Gasteiger partial charge on any atom is -0.550 e. The van der Waals surface area contributed by atoms with Crippen LogP contribution >= 0.6 is 0 Å². The van der Waals surface area contributed by atoms with Crippen molar-refractivity contribution in [2.45, 2.75) is 85.5 Å². The Balaban J connectivity index is 0.0000160. The minimum atomic E-state index is -1.28. The number of carbonyl (C=O) groups is 3. The smallest absolute Gasteiger partial charge is 0.550 e. The van der Waals surface area contributed by atoms with E-state index >= 15 is 0 Å². The number of alkyl carbamates (subject to hydrolysis) is 1. The van der Waals surface area contributed by atoms with E-state index in [1.54, 1.807) is 59.9 Å². The molecule has 0 aliphatic rings. The van der Waals surface area contributed by atoms with Crippen molar-refractivity contribution in [2.24, 2.45) is 23.7 Å². The van der Waals surface area contributed by atoms with Gasteiger partial charge in [-0.2, -0.15) is 0 Å². The number of nitrogens with one attached hydrogen (secondary N) is 1. The SMILES string of the molecule is COCCCOc1cc(C(=O)[C@@H](C[C@H](NC(=O)OC(C)(C)C)[C@@H](O)C[C@H](C(=O)[O-])C(C)C)C(C)C)ccc1OC.[Li+]. The number of hydrogen-bond donors (Lipinski definition) is 2. The number of ether oxygens (including phenoxy) is 4. The number of aliphatic carboxylic acids is 1. The fraction of sp³-hybridized carbons (Fsp3) is 0.700. The molecule has 0 heterocycles. The molecule has 228 valence electrons. The second kappa shape index (κ2) is 18.3. The number of hydrogen-bond acceptors (Lipinski definition) is 9. The third-order valence-corrected chi connectivity index (χ3v) is 6.62. The van der Waals surface area contributed by atoms with Crippen LogP contribution in [0.15, 0.2) is 18.2 Å². The number of benzene rings is 1. The average molecular weight is 574 g/mol. The molecule has 0 radical (unpaired) electrons. The van der Waals surface area contributed by atoms with Crippen molar-refractivity contribution in [1.82, 2.24) is 5.32 Å². The number of rotatable bonds is 17. The van der Waals surface area contributed by atoms with E-state index in [-0.39, 0.29) is 49.3 Å². The molecule has 0 fully saturated rings. The molecule has 0 aliphatic carbocycles. The van der Waals surface area contributed by atoms with Crippen LogP contribution in [0.1, 0.15) is 78.1 Å². The fourth-order valence-corrected chi connectivity index (χ4v) is 4.33. The second-order valence-corrected chi connectivity index (χ2v) is 11.7. The fourth-order valence-electron chi connectivity index (χ4n) is 4.33. The third-order valence-electron chi connectivity index (χ3n) is 6.62. The van der Waals surface area contributed by atoms with Crippen molar-refractivity contribution in [3.63, 3.8) is 0 Å². The molecule has 2 N–H and O–H groups in total. The average Bonchev–Trinajstić information content (AvgIpc) is 2.85. The van der Waals surface area contributed by atoms with Gasteiger partial charge in [0.2, 0.25) is 0 Å². The molecular formula is C30H48LiNO9. The molecule has 11 heteroatoms. The summed E-state index contributed by atoms with van der Waals surface area (Å²) in [7, 11) is 3.12. The van der Waals surface area contributed by atoms with Crippen LogP contribution in [0.3, 0.4) is 0 Å². The number of methoxy groups -OCH3 is 2. The number of carbonyl (C=O) groups excluding carboxylic acids is 3. The van der Waals surface area contributed by atoms with Gasteiger partial charge in [-0.05, 0) is 63.6 Å². The summed E-state index contributed by atoms with van der Waals surface area (Å²) in [6.45, 7) is 13.2. The van der Waals surface area contributed by atoms with Gasteiger partial charge in [0.25, 0.3) is 0 Å². The number of carboxylic acid groups (broad SMARTS) is 1. The zero-order valence-electron chi connectivity index (χ0n) is 26.4. The molecule has 1 amide bonds. The molecule has 0 aromatic heterocycles. The van der Waals surface area contributed by atoms with E-state index in [9.17, 15) is 24.6 Å². The molecule has 10 nitrogen and oxygen atoms in total. The predicted molar refractivity (Wildman–Crippen MR) is 149 cm³/mol. The van der Waals surface area contributed by atoms with E-state index in [1.165, 1.54) is 7.11 Å². The van der Waals surface area contributed by atoms with Crippen molar-refractivity contribution in [3.8, 4) is 11.5 Å². The van der Waals surface area contributed by atoms with Crippen molar-refractivity contribution in [3.05, 3.63) is 23.8 Å². The van der Waals surface area contributed by atoms with Crippen LogP contribution in [-0.4, -0.2) is 68.1 Å². The number of aliphatic hydroxyl groups excluding tert-OH is 1. The van der Waals surface area contributed by atoms with E-state index < -0.39 is 41.6 Å². The zero-order valence-corrected chi connectivity index (χ0v) is 26.4. The maximum absolute atomic E-state index is 13.8. The number of Topliss-reactive ketones (excluding diaryl/α,β-unsaturated/α-hetero) is 1. The van der Waals surface area contributed by atoms with E-state index in [2.05, 4.69) is 5.32 Å². The first-order valence-electron chi connectivity index (χ1n) is 13.8.